The van der Waals surface area contributed by atoms with E-state index in [2.05, 4.69) is 4.37 Å². The van der Waals surface area contributed by atoms with Crippen LogP contribution in [0.25, 0.3) is 10.1 Å². The summed E-state index contributed by atoms with van der Waals surface area (Å²) in [5, 5.41) is 0.838. The molecule has 13 heavy (non-hydrogen) atoms. The number of rotatable bonds is 1. The number of halogens is 2. The fraction of sp³-hybridized carbons (Fsp3) is 0.125. The molecule has 0 fully saturated rings. The Morgan fingerprint density at radius 2 is 2.31 bits per heavy atom. The van der Waals surface area contributed by atoms with E-state index in [9.17, 15) is 4.39 Å². The first-order valence-electron chi connectivity index (χ1n) is 3.51. The Hall–Kier alpha value is -0.870. The van der Waals surface area contributed by atoms with Crippen LogP contribution in [0, 0.1) is 5.82 Å². The highest BCUT2D eigenvalue weighted by Gasteiger charge is 2.13. The number of ether oxygens (including phenoxy) is 1. The predicted octanol–water partition coefficient (Wildman–Crippen LogP) is 3.10. The van der Waals surface area contributed by atoms with Gasteiger partial charge in [0, 0.05) is 0 Å². The van der Waals surface area contributed by atoms with E-state index >= 15 is 0 Å². The van der Waals surface area contributed by atoms with E-state index in [-0.39, 0.29) is 10.9 Å². The van der Waals surface area contributed by atoms with Gasteiger partial charge in [0.2, 0.25) is 0 Å². The van der Waals surface area contributed by atoms with Crippen LogP contribution < -0.4 is 4.74 Å². The zero-order chi connectivity index (χ0) is 9.42. The summed E-state index contributed by atoms with van der Waals surface area (Å²) in [6.45, 7) is 0. The maximum absolute atomic E-state index is 13.2. The molecular weight excluding hydrogens is 213 g/mol. The van der Waals surface area contributed by atoms with E-state index in [0.717, 1.165) is 4.70 Å². The summed E-state index contributed by atoms with van der Waals surface area (Å²) in [5.74, 6) is -0.256. The number of hydrogen-bond donors (Lipinski definition) is 0. The van der Waals surface area contributed by atoms with Crippen LogP contribution in [-0.2, 0) is 0 Å². The lowest BCUT2D eigenvalue weighted by Gasteiger charge is -2.02. The van der Waals surface area contributed by atoms with Crippen LogP contribution in [-0.4, -0.2) is 11.5 Å². The van der Waals surface area contributed by atoms with Gasteiger partial charge in [-0.05, 0) is 23.7 Å². The summed E-state index contributed by atoms with van der Waals surface area (Å²) in [7, 11) is 1.41. The summed E-state index contributed by atoms with van der Waals surface area (Å²) >= 11 is 7.00. The van der Waals surface area contributed by atoms with Crippen molar-refractivity contribution < 1.29 is 9.13 Å². The maximum atomic E-state index is 13.2. The molecule has 1 heterocycles. The highest BCUT2D eigenvalue weighted by Crippen LogP contribution is 2.35. The van der Waals surface area contributed by atoms with Crippen molar-refractivity contribution in [3.8, 4) is 5.75 Å². The van der Waals surface area contributed by atoms with E-state index in [1.54, 1.807) is 6.07 Å². The zero-order valence-corrected chi connectivity index (χ0v) is 8.25. The van der Waals surface area contributed by atoms with Crippen molar-refractivity contribution in [3.63, 3.8) is 0 Å². The van der Waals surface area contributed by atoms with Crippen LogP contribution >= 0.6 is 23.1 Å². The van der Waals surface area contributed by atoms with Crippen molar-refractivity contribution in [2.75, 3.05) is 7.11 Å². The Labute approximate surface area is 83.1 Å². The quantitative estimate of drug-likeness (QED) is 0.732. The Morgan fingerprint density at radius 1 is 1.54 bits per heavy atom. The second-order valence-electron chi connectivity index (χ2n) is 2.43. The molecule has 0 aliphatic rings. The number of hydrogen-bond acceptors (Lipinski definition) is 3. The molecule has 1 aromatic carbocycles. The summed E-state index contributed by atoms with van der Waals surface area (Å²) in [5.41, 5.74) is 0. The maximum Gasteiger partial charge on any atom is 0.166 e. The topological polar surface area (TPSA) is 22.1 Å². The van der Waals surface area contributed by atoms with Crippen molar-refractivity contribution in [1.82, 2.24) is 4.37 Å². The lowest BCUT2D eigenvalue weighted by Crippen LogP contribution is -1.87. The van der Waals surface area contributed by atoms with E-state index in [0.29, 0.717) is 5.39 Å². The minimum atomic E-state index is -0.419. The summed E-state index contributed by atoms with van der Waals surface area (Å²) in [6, 6.07) is 2.98. The molecule has 0 unspecified atom stereocenters. The number of benzene rings is 1. The molecule has 2 rings (SSSR count). The van der Waals surface area contributed by atoms with Gasteiger partial charge in [-0.1, -0.05) is 11.6 Å². The van der Waals surface area contributed by atoms with Crippen molar-refractivity contribution in [3.05, 3.63) is 23.1 Å². The van der Waals surface area contributed by atoms with E-state index in [4.69, 9.17) is 16.3 Å². The Morgan fingerprint density at radius 3 is 3.00 bits per heavy atom. The molecule has 0 saturated carbocycles. The summed E-state index contributed by atoms with van der Waals surface area (Å²) < 4.78 is 22.8. The van der Waals surface area contributed by atoms with Gasteiger partial charge in [-0.15, -0.1) is 0 Å². The first kappa shape index (κ1) is 8.72. The fourth-order valence-corrected chi connectivity index (χ4v) is 2.17. The van der Waals surface area contributed by atoms with Gasteiger partial charge < -0.3 is 4.74 Å². The smallest absolute Gasteiger partial charge is 0.166 e. The number of nitrogens with zero attached hydrogens (tertiary/aromatic N) is 1. The van der Waals surface area contributed by atoms with Crippen LogP contribution in [0.1, 0.15) is 0 Å². The summed E-state index contributed by atoms with van der Waals surface area (Å²) in [6.07, 6.45) is 0. The van der Waals surface area contributed by atoms with Crippen molar-refractivity contribution >= 4 is 33.2 Å². The third-order valence-corrected chi connectivity index (χ3v) is 2.89. The Bertz CT molecular complexity index is 457. The molecule has 0 N–H and O–H groups in total. The minimum Gasteiger partial charge on any atom is -0.493 e. The predicted molar refractivity (Wildman–Crippen MR) is 51.1 cm³/mol. The Balaban J connectivity index is 2.88. The second kappa shape index (κ2) is 3.12. The second-order valence-corrected chi connectivity index (χ2v) is 3.59. The molecule has 2 aromatic rings. The fourth-order valence-electron chi connectivity index (χ4n) is 1.15. The van der Waals surface area contributed by atoms with Gasteiger partial charge in [0.1, 0.15) is 0 Å². The SMILES string of the molecule is COc1c(F)ccc2snc(Cl)c12. The lowest BCUT2D eigenvalue weighted by molar-refractivity contribution is 0.392. The molecular formula is C8H5ClFNOS. The van der Waals surface area contributed by atoms with Gasteiger partial charge in [-0.3, -0.25) is 0 Å². The molecule has 68 valence electrons. The first-order valence-corrected chi connectivity index (χ1v) is 4.66. The normalized spacial score (nSPS) is 10.7. The standard InChI is InChI=1S/C8H5ClFNOS/c1-12-7-4(10)2-3-5-6(7)8(9)11-13-5/h2-3H,1H3. The van der Waals surface area contributed by atoms with Gasteiger partial charge in [-0.25, -0.2) is 4.39 Å². The largest absolute Gasteiger partial charge is 0.493 e. The molecule has 0 radical (unpaired) electrons. The van der Waals surface area contributed by atoms with Crippen LogP contribution in [0.4, 0.5) is 4.39 Å². The Kier molecular flexibility index (Phi) is 2.09. The molecule has 0 atom stereocenters. The highest BCUT2D eigenvalue weighted by atomic mass is 35.5. The third kappa shape index (κ3) is 1.26. The van der Waals surface area contributed by atoms with Crippen molar-refractivity contribution in [2.24, 2.45) is 0 Å². The molecule has 0 bridgehead atoms. The molecule has 5 heteroatoms. The van der Waals surface area contributed by atoms with Crippen LogP contribution in [0.2, 0.25) is 5.15 Å². The van der Waals surface area contributed by atoms with Gasteiger partial charge in [0.05, 0.1) is 17.2 Å². The van der Waals surface area contributed by atoms with Gasteiger partial charge in [0.25, 0.3) is 0 Å². The first-order chi connectivity index (χ1) is 6.24. The van der Waals surface area contributed by atoms with Crippen molar-refractivity contribution in [1.29, 1.82) is 0 Å². The molecule has 0 aliphatic heterocycles. The van der Waals surface area contributed by atoms with Crippen LogP contribution in [0.5, 0.6) is 5.75 Å². The van der Waals surface area contributed by atoms with Crippen LogP contribution in [0.3, 0.4) is 0 Å². The van der Waals surface area contributed by atoms with Crippen LogP contribution in [0.15, 0.2) is 12.1 Å². The summed E-state index contributed by atoms with van der Waals surface area (Å²) in [4.78, 5) is 0. The molecule has 1 aromatic heterocycles. The molecule has 2 nitrogen and oxygen atoms in total. The molecule has 0 aliphatic carbocycles. The molecule has 0 amide bonds. The van der Waals surface area contributed by atoms with Crippen molar-refractivity contribution in [2.45, 2.75) is 0 Å². The highest BCUT2D eigenvalue weighted by molar-refractivity contribution is 7.13. The minimum absolute atomic E-state index is 0.163. The molecule has 0 spiro atoms. The van der Waals surface area contributed by atoms with Gasteiger partial charge in [-0.2, -0.15) is 4.37 Å². The van der Waals surface area contributed by atoms with E-state index < -0.39 is 5.82 Å². The van der Waals surface area contributed by atoms with Gasteiger partial charge >= 0.3 is 0 Å². The monoisotopic (exact) mass is 217 g/mol. The lowest BCUT2D eigenvalue weighted by atomic mass is 10.2. The van der Waals surface area contributed by atoms with Gasteiger partial charge in [0.15, 0.2) is 16.7 Å². The molecule has 0 saturated heterocycles. The van der Waals surface area contributed by atoms with E-state index in [1.165, 1.54) is 24.7 Å². The number of fused-ring (bicyclic) bond motifs is 1. The number of aromatic nitrogens is 1. The number of methoxy groups -OCH3 is 1. The average molecular weight is 218 g/mol. The zero-order valence-electron chi connectivity index (χ0n) is 6.67. The van der Waals surface area contributed by atoms with E-state index in [1.807, 2.05) is 0 Å². The third-order valence-electron chi connectivity index (χ3n) is 1.71. The average Bonchev–Trinajstić information content (AvgIpc) is 2.49.